The van der Waals surface area contributed by atoms with E-state index >= 15 is 0 Å². The Morgan fingerprint density at radius 3 is 2.06 bits per heavy atom. The highest BCUT2D eigenvalue weighted by Gasteiger charge is 2.49. The van der Waals surface area contributed by atoms with Crippen molar-refractivity contribution in [1.29, 1.82) is 0 Å². The molecule has 1 saturated carbocycles. The molecule has 0 aliphatic heterocycles. The van der Waals surface area contributed by atoms with Crippen LogP contribution in [0.5, 0.6) is 0 Å². The molecule has 1 aliphatic carbocycles. The number of rotatable bonds is 13. The topological polar surface area (TPSA) is 114 Å². The molecule has 0 heterocycles. The zero-order valence-electron chi connectivity index (χ0n) is 29.5. The summed E-state index contributed by atoms with van der Waals surface area (Å²) in [5, 5.41) is 5.76. The summed E-state index contributed by atoms with van der Waals surface area (Å²) in [6.45, 7) is 20.4. The number of hydrogen-bond donors (Lipinski definition) is 2. The van der Waals surface area contributed by atoms with Crippen LogP contribution in [-0.4, -0.2) is 58.1 Å². The molecule has 2 N–H and O–H groups in total. The molecule has 0 aromatic heterocycles. The summed E-state index contributed by atoms with van der Waals surface area (Å²) in [4.78, 5) is 57.3. The van der Waals surface area contributed by atoms with Crippen LogP contribution < -0.4 is 10.6 Å². The molecule has 3 rings (SSSR count). The Hall–Kier alpha value is -4.14. The normalized spacial score (nSPS) is 17.9. The van der Waals surface area contributed by atoms with E-state index in [9.17, 15) is 19.2 Å². The van der Waals surface area contributed by atoms with E-state index in [0.29, 0.717) is 18.4 Å². The van der Waals surface area contributed by atoms with E-state index in [1.807, 2.05) is 69.3 Å². The van der Waals surface area contributed by atoms with E-state index in [1.54, 1.807) is 58.6 Å². The third-order valence-electron chi connectivity index (χ3n) is 7.65. The molecule has 2 aromatic carbocycles. The van der Waals surface area contributed by atoms with Gasteiger partial charge in [-0.1, -0.05) is 82.0 Å². The lowest BCUT2D eigenvalue weighted by atomic mass is 9.97. The van der Waals surface area contributed by atoms with Gasteiger partial charge >= 0.3 is 12.1 Å². The Labute approximate surface area is 280 Å². The lowest BCUT2D eigenvalue weighted by Gasteiger charge is -2.36. The second-order valence-electron chi connectivity index (χ2n) is 14.9. The number of nitrogens with zero attached hydrogens (tertiary/aromatic N) is 1. The lowest BCUT2D eigenvalue weighted by Crippen LogP contribution is -2.56. The van der Waals surface area contributed by atoms with Crippen molar-refractivity contribution in [3.63, 3.8) is 0 Å². The number of carbonyl (C=O) groups is 4. The highest BCUT2D eigenvalue weighted by atomic mass is 16.6. The van der Waals surface area contributed by atoms with Gasteiger partial charge in [-0.25, -0.2) is 9.59 Å². The quantitative estimate of drug-likeness (QED) is 0.237. The van der Waals surface area contributed by atoms with Crippen molar-refractivity contribution in [1.82, 2.24) is 15.5 Å². The van der Waals surface area contributed by atoms with Gasteiger partial charge in [0.1, 0.15) is 29.3 Å². The van der Waals surface area contributed by atoms with Gasteiger partial charge in [-0.05, 0) is 89.0 Å². The highest BCUT2D eigenvalue weighted by Crippen LogP contribution is 2.41. The van der Waals surface area contributed by atoms with Crippen molar-refractivity contribution >= 4 is 30.0 Å². The fourth-order valence-electron chi connectivity index (χ4n) is 5.46. The largest absolute Gasteiger partial charge is 0.458 e. The molecule has 0 spiro atoms. The minimum Gasteiger partial charge on any atom is -0.458 e. The van der Waals surface area contributed by atoms with E-state index in [2.05, 4.69) is 17.2 Å². The molecule has 3 amide bonds. The number of hydrogen-bond acceptors (Lipinski definition) is 6. The Morgan fingerprint density at radius 1 is 0.915 bits per heavy atom. The smallest absolute Gasteiger partial charge is 0.408 e. The Morgan fingerprint density at radius 2 is 1.53 bits per heavy atom. The lowest BCUT2D eigenvalue weighted by molar-refractivity contribution is -0.159. The Balaban J connectivity index is 2.09. The number of amides is 3. The standard InChI is InChI=1S/C38H53N3O6/c1-11-26-18-15-19-28(22-26)32(33(42)39-30(35(44)46-37(5,6)7)23-27-16-13-12-14-17-27)41(31-21-25(31)4)34(43)29(20-24(2)3)40-36(45)47-38(8,9)10/h11-19,22,24-25,29-32H,1,20-21,23H2,2-10H3,(H,39,42)(H,40,45). The van der Waals surface area contributed by atoms with E-state index in [0.717, 1.165) is 11.1 Å². The number of ether oxygens (including phenoxy) is 2. The van der Waals surface area contributed by atoms with Gasteiger partial charge in [-0.2, -0.15) is 0 Å². The van der Waals surface area contributed by atoms with Crippen molar-refractivity contribution in [3.05, 3.63) is 77.9 Å². The SMILES string of the molecule is C=Cc1cccc(C(C(=O)NC(Cc2ccccc2)C(=O)OC(C)(C)C)N(C(=O)C(CC(C)C)NC(=O)OC(C)(C)C)C2CC2C)c1. The highest BCUT2D eigenvalue weighted by molar-refractivity contribution is 5.94. The molecule has 9 heteroatoms. The van der Waals surface area contributed by atoms with Crippen molar-refractivity contribution < 1.29 is 28.7 Å². The fourth-order valence-corrected chi connectivity index (χ4v) is 5.46. The van der Waals surface area contributed by atoms with Crippen LogP contribution in [0.15, 0.2) is 61.2 Å². The van der Waals surface area contributed by atoms with Crippen LogP contribution in [0.3, 0.4) is 0 Å². The minimum absolute atomic E-state index is 0.0520. The van der Waals surface area contributed by atoms with Crippen LogP contribution in [0.1, 0.15) is 97.9 Å². The van der Waals surface area contributed by atoms with E-state index < -0.39 is 47.3 Å². The van der Waals surface area contributed by atoms with Crippen LogP contribution in [0.25, 0.3) is 6.08 Å². The summed E-state index contributed by atoms with van der Waals surface area (Å²) in [5.74, 6) is -1.30. The number of esters is 1. The average Bonchev–Trinajstić information content (AvgIpc) is 3.68. The number of carbonyl (C=O) groups excluding carboxylic acids is 4. The van der Waals surface area contributed by atoms with Crippen molar-refractivity contribution in [2.24, 2.45) is 11.8 Å². The molecule has 5 unspecified atom stereocenters. The molecule has 9 nitrogen and oxygen atoms in total. The third kappa shape index (κ3) is 11.6. The Kier molecular flexibility index (Phi) is 12.4. The van der Waals surface area contributed by atoms with Gasteiger partial charge in [0.2, 0.25) is 11.8 Å². The number of nitrogens with one attached hydrogen (secondary N) is 2. The van der Waals surface area contributed by atoms with Gasteiger partial charge in [0.05, 0.1) is 0 Å². The molecule has 0 bridgehead atoms. The van der Waals surface area contributed by atoms with Gasteiger partial charge in [0.15, 0.2) is 0 Å². The first-order valence-corrected chi connectivity index (χ1v) is 16.5. The average molecular weight is 648 g/mol. The molecule has 1 aliphatic rings. The van der Waals surface area contributed by atoms with Crippen LogP contribution in [0.4, 0.5) is 4.79 Å². The monoisotopic (exact) mass is 647 g/mol. The maximum absolute atomic E-state index is 14.6. The Bertz CT molecular complexity index is 1410. The van der Waals surface area contributed by atoms with Gasteiger partial charge in [-0.15, -0.1) is 0 Å². The predicted molar refractivity (Wildman–Crippen MR) is 184 cm³/mol. The molecule has 0 saturated heterocycles. The molecule has 256 valence electrons. The van der Waals surface area contributed by atoms with Crippen molar-refractivity contribution in [3.8, 4) is 0 Å². The minimum atomic E-state index is -1.10. The molecule has 47 heavy (non-hydrogen) atoms. The first-order chi connectivity index (χ1) is 21.9. The zero-order valence-corrected chi connectivity index (χ0v) is 29.5. The molecule has 0 radical (unpaired) electrons. The second-order valence-corrected chi connectivity index (χ2v) is 14.9. The van der Waals surface area contributed by atoms with Crippen molar-refractivity contribution in [2.75, 3.05) is 0 Å². The van der Waals surface area contributed by atoms with Crippen LogP contribution >= 0.6 is 0 Å². The molecular weight excluding hydrogens is 594 g/mol. The predicted octanol–water partition coefficient (Wildman–Crippen LogP) is 6.62. The van der Waals surface area contributed by atoms with Crippen LogP contribution in [0.2, 0.25) is 0 Å². The zero-order chi connectivity index (χ0) is 35.1. The summed E-state index contributed by atoms with van der Waals surface area (Å²) in [6.07, 6.45) is 2.20. The summed E-state index contributed by atoms with van der Waals surface area (Å²) in [5.41, 5.74) is 0.641. The summed E-state index contributed by atoms with van der Waals surface area (Å²) in [6, 6.07) is 13.4. The summed E-state index contributed by atoms with van der Waals surface area (Å²) in [7, 11) is 0. The number of benzene rings is 2. The summed E-state index contributed by atoms with van der Waals surface area (Å²) < 4.78 is 11.2. The van der Waals surface area contributed by atoms with E-state index in [4.69, 9.17) is 9.47 Å². The van der Waals surface area contributed by atoms with Gasteiger partial charge in [0, 0.05) is 12.5 Å². The van der Waals surface area contributed by atoms with Gasteiger partial charge in [-0.3, -0.25) is 9.59 Å². The molecule has 1 fully saturated rings. The first-order valence-electron chi connectivity index (χ1n) is 16.5. The number of alkyl carbamates (subject to hydrolysis) is 1. The fraction of sp³-hybridized carbons (Fsp3) is 0.526. The van der Waals surface area contributed by atoms with Crippen molar-refractivity contribution in [2.45, 2.75) is 117 Å². The molecular formula is C38H53N3O6. The maximum Gasteiger partial charge on any atom is 0.408 e. The first kappa shape index (κ1) is 37.3. The third-order valence-corrected chi connectivity index (χ3v) is 7.65. The van der Waals surface area contributed by atoms with Gasteiger partial charge < -0.3 is 25.0 Å². The molecule has 2 aromatic rings. The van der Waals surface area contributed by atoms with E-state index in [-0.39, 0.29) is 30.2 Å². The van der Waals surface area contributed by atoms with Crippen LogP contribution in [0, 0.1) is 11.8 Å². The van der Waals surface area contributed by atoms with Gasteiger partial charge in [0.25, 0.3) is 0 Å². The molecule has 5 atom stereocenters. The second kappa shape index (κ2) is 15.6. The maximum atomic E-state index is 14.6. The van der Waals surface area contributed by atoms with E-state index in [1.165, 1.54) is 0 Å². The van der Waals surface area contributed by atoms with Crippen LogP contribution in [-0.2, 0) is 30.3 Å². The summed E-state index contributed by atoms with van der Waals surface area (Å²) >= 11 is 0.